The predicted molar refractivity (Wildman–Crippen MR) is 128 cm³/mol. The molecule has 6 nitrogen and oxygen atoms in total. The number of hydrogen-bond acceptors (Lipinski definition) is 4. The molecule has 1 heterocycles. The lowest BCUT2D eigenvalue weighted by atomic mass is 9.97. The molecule has 1 aliphatic carbocycles. The summed E-state index contributed by atoms with van der Waals surface area (Å²) in [6, 6.07) is 0. The number of ether oxygens (including phenoxy) is 2. The van der Waals surface area contributed by atoms with E-state index in [2.05, 4.69) is 22.5 Å². The Morgan fingerprint density at radius 1 is 1.00 bits per heavy atom. The van der Waals surface area contributed by atoms with E-state index in [1.54, 1.807) is 7.11 Å². The van der Waals surface area contributed by atoms with Crippen LogP contribution >= 0.6 is 24.0 Å². The number of piperidine rings is 1. The van der Waals surface area contributed by atoms with Gasteiger partial charge in [0.15, 0.2) is 5.96 Å². The molecule has 0 aromatic rings. The maximum Gasteiger partial charge on any atom is 0.191 e. The number of nitrogens with one attached hydrogen (secondary N) is 2. The summed E-state index contributed by atoms with van der Waals surface area (Å²) < 4.78 is 11.2. The van der Waals surface area contributed by atoms with Gasteiger partial charge in [0.25, 0.3) is 0 Å². The molecule has 2 fully saturated rings. The van der Waals surface area contributed by atoms with Crippen LogP contribution in [0, 0.1) is 5.92 Å². The van der Waals surface area contributed by atoms with E-state index in [-0.39, 0.29) is 24.0 Å². The van der Waals surface area contributed by atoms with Crippen molar-refractivity contribution in [2.45, 2.75) is 64.4 Å². The Kier molecular flexibility index (Phi) is 15.4. The van der Waals surface area contributed by atoms with Gasteiger partial charge in [0, 0.05) is 33.3 Å². The van der Waals surface area contributed by atoms with Crippen LogP contribution in [-0.2, 0) is 9.47 Å². The molecular formula is C21H43IN4O2. The lowest BCUT2D eigenvalue weighted by molar-refractivity contribution is 0.0468. The standard InChI is InChI=1S/C21H42N4O2.HI/c1-3-22-21(23-12-16-27-20-8-6-4-5-7-9-20)24-18-19-10-13-25(14-11-19)15-17-26-2;/h19-20H,3-18H2,1-2H3,(H2,22,23,24);1H. The van der Waals surface area contributed by atoms with Crippen LogP contribution < -0.4 is 10.6 Å². The van der Waals surface area contributed by atoms with Crippen LogP contribution in [0.3, 0.4) is 0 Å². The van der Waals surface area contributed by atoms with Crippen molar-refractivity contribution < 1.29 is 9.47 Å². The van der Waals surface area contributed by atoms with Crippen molar-refractivity contribution >= 4 is 29.9 Å². The van der Waals surface area contributed by atoms with Gasteiger partial charge >= 0.3 is 0 Å². The normalized spacial score (nSPS) is 20.4. The molecule has 0 aromatic heterocycles. The monoisotopic (exact) mass is 510 g/mol. The third kappa shape index (κ3) is 11.2. The summed E-state index contributed by atoms with van der Waals surface area (Å²) in [7, 11) is 1.78. The van der Waals surface area contributed by atoms with E-state index in [1.165, 1.54) is 64.5 Å². The number of rotatable bonds is 10. The van der Waals surface area contributed by atoms with E-state index < -0.39 is 0 Å². The smallest absolute Gasteiger partial charge is 0.191 e. The largest absolute Gasteiger partial charge is 0.383 e. The molecule has 7 heteroatoms. The first-order valence-corrected chi connectivity index (χ1v) is 11.2. The van der Waals surface area contributed by atoms with E-state index in [0.29, 0.717) is 12.0 Å². The van der Waals surface area contributed by atoms with Gasteiger partial charge in [-0.1, -0.05) is 25.7 Å². The van der Waals surface area contributed by atoms with Crippen molar-refractivity contribution in [1.29, 1.82) is 0 Å². The van der Waals surface area contributed by atoms with Crippen LogP contribution in [0.25, 0.3) is 0 Å². The van der Waals surface area contributed by atoms with Crippen LogP contribution in [0.2, 0.25) is 0 Å². The topological polar surface area (TPSA) is 58.1 Å². The first-order valence-electron chi connectivity index (χ1n) is 11.2. The highest BCUT2D eigenvalue weighted by Gasteiger charge is 2.18. The van der Waals surface area contributed by atoms with Crippen molar-refractivity contribution in [3.05, 3.63) is 0 Å². The summed E-state index contributed by atoms with van der Waals surface area (Å²) in [5.74, 6) is 1.63. The minimum absolute atomic E-state index is 0. The number of guanidine groups is 1. The number of halogens is 1. The zero-order valence-corrected chi connectivity index (χ0v) is 20.4. The first-order chi connectivity index (χ1) is 13.3. The highest BCUT2D eigenvalue weighted by atomic mass is 127. The van der Waals surface area contributed by atoms with Crippen LogP contribution in [0.4, 0.5) is 0 Å². The van der Waals surface area contributed by atoms with Crippen LogP contribution in [0.5, 0.6) is 0 Å². The Hall–Kier alpha value is -0.120. The maximum absolute atomic E-state index is 6.07. The molecule has 0 atom stereocenters. The molecule has 0 amide bonds. The average molecular weight is 511 g/mol. The second kappa shape index (κ2) is 16.7. The van der Waals surface area contributed by atoms with Gasteiger partial charge in [-0.3, -0.25) is 4.99 Å². The molecule has 2 aliphatic rings. The Balaban J connectivity index is 0.00000392. The number of nitrogens with zero attached hydrogens (tertiary/aromatic N) is 2. The predicted octanol–water partition coefficient (Wildman–Crippen LogP) is 3.26. The molecule has 2 N–H and O–H groups in total. The van der Waals surface area contributed by atoms with E-state index in [4.69, 9.17) is 14.5 Å². The minimum Gasteiger partial charge on any atom is -0.383 e. The Morgan fingerprint density at radius 2 is 1.71 bits per heavy atom. The Morgan fingerprint density at radius 3 is 2.36 bits per heavy atom. The fourth-order valence-corrected chi connectivity index (χ4v) is 3.98. The maximum atomic E-state index is 6.07. The van der Waals surface area contributed by atoms with Gasteiger partial charge in [-0.15, -0.1) is 24.0 Å². The quantitative estimate of drug-likeness (QED) is 0.155. The third-order valence-electron chi connectivity index (χ3n) is 5.72. The lowest BCUT2D eigenvalue weighted by Crippen LogP contribution is -2.40. The van der Waals surface area contributed by atoms with Crippen molar-refractivity contribution in [1.82, 2.24) is 15.5 Å². The van der Waals surface area contributed by atoms with E-state index >= 15 is 0 Å². The zero-order chi connectivity index (χ0) is 19.2. The fraction of sp³-hybridized carbons (Fsp3) is 0.952. The fourth-order valence-electron chi connectivity index (χ4n) is 3.98. The second-order valence-corrected chi connectivity index (χ2v) is 7.91. The van der Waals surface area contributed by atoms with Crippen molar-refractivity contribution in [3.8, 4) is 0 Å². The van der Waals surface area contributed by atoms with Crippen molar-refractivity contribution in [2.24, 2.45) is 10.9 Å². The zero-order valence-electron chi connectivity index (χ0n) is 18.1. The molecule has 0 spiro atoms. The lowest BCUT2D eigenvalue weighted by Gasteiger charge is -2.31. The van der Waals surface area contributed by atoms with Crippen molar-refractivity contribution in [3.63, 3.8) is 0 Å². The van der Waals surface area contributed by atoms with Gasteiger partial charge in [-0.25, -0.2) is 0 Å². The average Bonchev–Trinajstić information content (AvgIpc) is 2.97. The van der Waals surface area contributed by atoms with Gasteiger partial charge in [-0.05, 0) is 51.6 Å². The molecular weight excluding hydrogens is 467 g/mol. The first kappa shape index (κ1) is 25.9. The molecule has 0 bridgehead atoms. The molecule has 0 radical (unpaired) electrons. The molecule has 1 saturated carbocycles. The summed E-state index contributed by atoms with van der Waals surface area (Å²) >= 11 is 0. The Bertz CT molecular complexity index is 396. The number of hydrogen-bond donors (Lipinski definition) is 2. The van der Waals surface area contributed by atoms with Gasteiger partial charge in [0.1, 0.15) is 0 Å². The molecule has 28 heavy (non-hydrogen) atoms. The molecule has 166 valence electrons. The Labute approximate surface area is 189 Å². The highest BCUT2D eigenvalue weighted by Crippen LogP contribution is 2.19. The molecule has 0 unspecified atom stereocenters. The number of methoxy groups -OCH3 is 1. The summed E-state index contributed by atoms with van der Waals surface area (Å²) in [6.45, 7) is 9.75. The highest BCUT2D eigenvalue weighted by molar-refractivity contribution is 14.0. The molecule has 0 aromatic carbocycles. The molecule has 1 aliphatic heterocycles. The van der Waals surface area contributed by atoms with E-state index in [9.17, 15) is 0 Å². The number of likely N-dealkylation sites (tertiary alicyclic amines) is 1. The van der Waals surface area contributed by atoms with Crippen LogP contribution in [0.15, 0.2) is 4.99 Å². The van der Waals surface area contributed by atoms with Gasteiger partial charge in [0.2, 0.25) is 0 Å². The van der Waals surface area contributed by atoms with Gasteiger partial charge in [0.05, 0.1) is 19.3 Å². The summed E-state index contributed by atoms with van der Waals surface area (Å²) in [5, 5.41) is 6.80. The van der Waals surface area contributed by atoms with E-state index in [0.717, 1.165) is 45.4 Å². The second-order valence-electron chi connectivity index (χ2n) is 7.91. The van der Waals surface area contributed by atoms with Gasteiger partial charge < -0.3 is 25.0 Å². The summed E-state index contributed by atoms with van der Waals surface area (Å²) in [6.07, 6.45) is 10.8. The molecule has 2 rings (SSSR count). The summed E-state index contributed by atoms with van der Waals surface area (Å²) in [4.78, 5) is 7.32. The van der Waals surface area contributed by atoms with Crippen molar-refractivity contribution in [2.75, 3.05) is 59.6 Å². The van der Waals surface area contributed by atoms with Crippen LogP contribution in [-0.4, -0.2) is 76.6 Å². The minimum atomic E-state index is 0. The van der Waals surface area contributed by atoms with Crippen LogP contribution in [0.1, 0.15) is 58.3 Å². The van der Waals surface area contributed by atoms with Gasteiger partial charge in [-0.2, -0.15) is 0 Å². The number of aliphatic imine (C=N–C) groups is 1. The SMILES string of the molecule is CCNC(=NCC1CCN(CCOC)CC1)NCCOC1CCCCCC1.I. The summed E-state index contributed by atoms with van der Waals surface area (Å²) in [5.41, 5.74) is 0. The molecule has 1 saturated heterocycles. The third-order valence-corrected chi connectivity index (χ3v) is 5.72. The van der Waals surface area contributed by atoms with E-state index in [1.807, 2.05) is 0 Å².